The summed E-state index contributed by atoms with van der Waals surface area (Å²) < 4.78 is 24.2. The van der Waals surface area contributed by atoms with Crippen molar-refractivity contribution in [2.45, 2.75) is 6.43 Å². The molecule has 0 aromatic carbocycles. The van der Waals surface area contributed by atoms with Crippen LogP contribution in [0.1, 0.15) is 12.1 Å². The van der Waals surface area contributed by atoms with Crippen molar-refractivity contribution >= 4 is 23.0 Å². The molecular weight excluding hydrogens is 188 g/mol. The van der Waals surface area contributed by atoms with E-state index in [0.717, 1.165) is 6.20 Å². The zero-order valence-corrected chi connectivity index (χ0v) is 6.65. The summed E-state index contributed by atoms with van der Waals surface area (Å²) in [6.45, 7) is 0. The van der Waals surface area contributed by atoms with Crippen molar-refractivity contribution < 1.29 is 8.78 Å². The number of hydrogen-bond acceptors (Lipinski definition) is 3. The Morgan fingerprint density at radius 2 is 1.92 bits per heavy atom. The Morgan fingerprint density at radius 1 is 1.33 bits per heavy atom. The summed E-state index contributed by atoms with van der Waals surface area (Å²) in [4.78, 5) is 3.35. The summed E-state index contributed by atoms with van der Waals surface area (Å²) in [6.07, 6.45) is -1.68. The van der Waals surface area contributed by atoms with Gasteiger partial charge in [-0.3, -0.25) is 4.98 Å². The molecule has 0 bridgehead atoms. The topological polar surface area (TPSA) is 64.9 Å². The monoisotopic (exact) mass is 193 g/mol. The van der Waals surface area contributed by atoms with Crippen LogP contribution in [0, 0.1) is 0 Å². The van der Waals surface area contributed by atoms with Crippen molar-refractivity contribution in [1.82, 2.24) is 4.98 Å². The molecule has 0 amide bonds. The quantitative estimate of drug-likeness (QED) is 0.715. The number of nitrogens with zero attached hydrogens (tertiary/aromatic N) is 1. The minimum absolute atomic E-state index is 0.0537. The smallest absolute Gasteiger partial charge is 0.282 e. The van der Waals surface area contributed by atoms with E-state index >= 15 is 0 Å². The lowest BCUT2D eigenvalue weighted by atomic mass is 10.2. The number of alkyl halides is 2. The number of rotatable bonds is 1. The largest absolute Gasteiger partial charge is 0.396 e. The third-order valence-electron chi connectivity index (χ3n) is 1.35. The van der Waals surface area contributed by atoms with Crippen LogP contribution in [0.4, 0.5) is 20.2 Å². The van der Waals surface area contributed by atoms with E-state index in [1.54, 1.807) is 0 Å². The molecule has 0 fully saturated rings. The molecule has 1 aromatic rings. The molecule has 12 heavy (non-hydrogen) atoms. The number of aromatic nitrogens is 1. The van der Waals surface area contributed by atoms with Crippen molar-refractivity contribution in [2.75, 3.05) is 11.5 Å². The molecule has 1 aromatic heterocycles. The van der Waals surface area contributed by atoms with E-state index in [-0.39, 0.29) is 16.4 Å². The summed E-state index contributed by atoms with van der Waals surface area (Å²) in [5.74, 6) is 0. The first-order valence-electron chi connectivity index (χ1n) is 3.01. The second-order valence-electron chi connectivity index (χ2n) is 2.12. The fraction of sp³-hybridized carbons (Fsp3) is 0.167. The number of hydrogen-bond donors (Lipinski definition) is 2. The third-order valence-corrected chi connectivity index (χ3v) is 1.65. The first-order chi connectivity index (χ1) is 5.54. The summed E-state index contributed by atoms with van der Waals surface area (Å²) in [6, 6.07) is 0. The standard InChI is InChI=1S/C6H6ClF2N3/c7-2-1-12-5(6(8)9)4(11)3(2)10/h1,6H,11H2,(H2,10,12). The number of pyridine rings is 1. The van der Waals surface area contributed by atoms with Gasteiger partial charge < -0.3 is 11.5 Å². The Balaban J connectivity index is 3.27. The Kier molecular flexibility index (Phi) is 2.32. The molecule has 0 aliphatic carbocycles. The Labute approximate surface area is 72.3 Å². The molecule has 66 valence electrons. The highest BCUT2D eigenvalue weighted by Crippen LogP contribution is 2.31. The highest BCUT2D eigenvalue weighted by molar-refractivity contribution is 6.33. The molecule has 0 unspecified atom stereocenters. The minimum atomic E-state index is -2.73. The van der Waals surface area contributed by atoms with Crippen LogP contribution >= 0.6 is 11.6 Å². The molecule has 3 nitrogen and oxygen atoms in total. The highest BCUT2D eigenvalue weighted by Gasteiger charge is 2.16. The van der Waals surface area contributed by atoms with Crippen LogP contribution in [-0.2, 0) is 0 Å². The summed E-state index contributed by atoms with van der Waals surface area (Å²) in [7, 11) is 0. The maximum Gasteiger partial charge on any atom is 0.282 e. The lowest BCUT2D eigenvalue weighted by Gasteiger charge is -2.06. The average Bonchev–Trinajstić information content (AvgIpc) is 2.00. The van der Waals surface area contributed by atoms with Crippen molar-refractivity contribution in [1.29, 1.82) is 0 Å². The highest BCUT2D eigenvalue weighted by atomic mass is 35.5. The van der Waals surface area contributed by atoms with E-state index in [1.165, 1.54) is 0 Å². The number of anilines is 2. The molecule has 0 saturated carbocycles. The number of halogens is 3. The van der Waals surface area contributed by atoms with E-state index in [2.05, 4.69) is 4.98 Å². The third kappa shape index (κ3) is 1.40. The van der Waals surface area contributed by atoms with Crippen molar-refractivity contribution in [3.63, 3.8) is 0 Å². The van der Waals surface area contributed by atoms with Crippen LogP contribution in [0.25, 0.3) is 0 Å². The van der Waals surface area contributed by atoms with Gasteiger partial charge in [0.2, 0.25) is 0 Å². The second-order valence-corrected chi connectivity index (χ2v) is 2.53. The fourth-order valence-corrected chi connectivity index (χ4v) is 0.856. The van der Waals surface area contributed by atoms with Crippen LogP contribution in [0.3, 0.4) is 0 Å². The van der Waals surface area contributed by atoms with E-state index in [9.17, 15) is 8.78 Å². The average molecular weight is 194 g/mol. The van der Waals surface area contributed by atoms with Gasteiger partial charge in [0.1, 0.15) is 5.69 Å². The van der Waals surface area contributed by atoms with E-state index in [4.69, 9.17) is 23.1 Å². The predicted octanol–water partition coefficient (Wildman–Crippen LogP) is 1.84. The Morgan fingerprint density at radius 3 is 2.42 bits per heavy atom. The van der Waals surface area contributed by atoms with Crippen molar-refractivity contribution in [3.05, 3.63) is 16.9 Å². The predicted molar refractivity (Wildman–Crippen MR) is 43.0 cm³/mol. The lowest BCUT2D eigenvalue weighted by molar-refractivity contribution is 0.147. The Bertz CT molecular complexity index is 303. The molecule has 4 N–H and O–H groups in total. The SMILES string of the molecule is Nc1c(Cl)cnc(C(F)F)c1N. The van der Waals surface area contributed by atoms with Gasteiger partial charge in [0, 0.05) is 6.20 Å². The van der Waals surface area contributed by atoms with E-state index in [1.807, 2.05) is 0 Å². The summed E-state index contributed by atoms with van der Waals surface area (Å²) in [5, 5.41) is 0.0805. The summed E-state index contributed by atoms with van der Waals surface area (Å²) >= 11 is 5.48. The van der Waals surface area contributed by atoms with E-state index < -0.39 is 12.1 Å². The van der Waals surface area contributed by atoms with Crippen LogP contribution in [-0.4, -0.2) is 4.98 Å². The van der Waals surface area contributed by atoms with Gasteiger partial charge in [0.05, 0.1) is 16.4 Å². The molecule has 0 saturated heterocycles. The van der Waals surface area contributed by atoms with Gasteiger partial charge in [-0.05, 0) is 0 Å². The summed E-state index contributed by atoms with van der Waals surface area (Å²) in [5.41, 5.74) is 9.69. The van der Waals surface area contributed by atoms with Crippen LogP contribution in [0.2, 0.25) is 5.02 Å². The normalized spacial score (nSPS) is 10.7. The van der Waals surface area contributed by atoms with Crippen molar-refractivity contribution in [2.24, 2.45) is 0 Å². The van der Waals surface area contributed by atoms with E-state index in [0.29, 0.717) is 0 Å². The van der Waals surface area contributed by atoms with Gasteiger partial charge in [0.15, 0.2) is 0 Å². The molecule has 0 radical (unpaired) electrons. The number of nitrogen functional groups attached to an aromatic ring is 2. The zero-order chi connectivity index (χ0) is 9.30. The minimum Gasteiger partial charge on any atom is -0.396 e. The molecule has 0 aliphatic heterocycles. The Hall–Kier alpha value is -1.10. The van der Waals surface area contributed by atoms with Gasteiger partial charge in [-0.1, -0.05) is 11.6 Å². The molecule has 0 aliphatic rings. The van der Waals surface area contributed by atoms with Gasteiger partial charge in [-0.2, -0.15) is 0 Å². The molecule has 6 heteroatoms. The van der Waals surface area contributed by atoms with Crippen LogP contribution in [0.15, 0.2) is 6.20 Å². The second kappa shape index (κ2) is 3.10. The van der Waals surface area contributed by atoms with Gasteiger partial charge >= 0.3 is 0 Å². The van der Waals surface area contributed by atoms with Crippen LogP contribution < -0.4 is 11.5 Å². The zero-order valence-electron chi connectivity index (χ0n) is 5.89. The maximum absolute atomic E-state index is 12.1. The van der Waals surface area contributed by atoms with Crippen molar-refractivity contribution in [3.8, 4) is 0 Å². The molecule has 0 atom stereocenters. The fourth-order valence-electron chi connectivity index (χ4n) is 0.706. The number of nitrogens with two attached hydrogens (primary N) is 2. The van der Waals surface area contributed by atoms with Gasteiger partial charge in [0.25, 0.3) is 6.43 Å². The van der Waals surface area contributed by atoms with Crippen LogP contribution in [0.5, 0.6) is 0 Å². The maximum atomic E-state index is 12.1. The van der Waals surface area contributed by atoms with Gasteiger partial charge in [-0.15, -0.1) is 0 Å². The van der Waals surface area contributed by atoms with Gasteiger partial charge in [-0.25, -0.2) is 8.78 Å². The first kappa shape index (κ1) is 8.99. The molecule has 0 spiro atoms. The molecular formula is C6H6ClF2N3. The molecule has 1 heterocycles. The lowest BCUT2D eigenvalue weighted by Crippen LogP contribution is -2.03. The first-order valence-corrected chi connectivity index (χ1v) is 3.39. The molecule has 1 rings (SSSR count).